The van der Waals surface area contributed by atoms with Crippen LogP contribution in [0, 0.1) is 0 Å². The molecule has 0 aliphatic carbocycles. The molecule has 0 atom stereocenters. The Hall–Kier alpha value is -0.510. The van der Waals surface area contributed by atoms with Gasteiger partial charge >= 0.3 is 0 Å². The molecular formula is C11H16N2S. The van der Waals surface area contributed by atoms with Crippen LogP contribution in [0.25, 0.3) is 0 Å². The van der Waals surface area contributed by atoms with E-state index in [4.69, 9.17) is 5.73 Å². The van der Waals surface area contributed by atoms with Crippen molar-refractivity contribution >= 4 is 11.8 Å². The molecule has 0 spiro atoms. The smallest absolute Gasteiger partial charge is 0.0431 e. The van der Waals surface area contributed by atoms with Crippen molar-refractivity contribution in [1.29, 1.82) is 0 Å². The molecule has 3 heteroatoms. The third-order valence-corrected chi connectivity index (χ3v) is 3.65. The minimum Gasteiger partial charge on any atom is -0.318 e. The highest BCUT2D eigenvalue weighted by atomic mass is 32.2. The summed E-state index contributed by atoms with van der Waals surface area (Å²) in [5, 5.41) is 3.14. The van der Waals surface area contributed by atoms with Crippen molar-refractivity contribution < 1.29 is 0 Å². The molecule has 76 valence electrons. The van der Waals surface area contributed by atoms with Gasteiger partial charge in [0.05, 0.1) is 0 Å². The second-order valence-electron chi connectivity index (χ2n) is 3.52. The van der Waals surface area contributed by atoms with Crippen LogP contribution < -0.4 is 11.1 Å². The zero-order valence-corrected chi connectivity index (χ0v) is 9.07. The van der Waals surface area contributed by atoms with E-state index in [1.54, 1.807) is 0 Å². The molecule has 0 radical (unpaired) electrons. The van der Waals surface area contributed by atoms with Gasteiger partial charge in [-0.2, -0.15) is 0 Å². The molecule has 0 saturated heterocycles. The van der Waals surface area contributed by atoms with Crippen molar-refractivity contribution in [3.8, 4) is 0 Å². The summed E-state index contributed by atoms with van der Waals surface area (Å²) in [6, 6.07) is 6.75. The fourth-order valence-corrected chi connectivity index (χ4v) is 2.76. The highest BCUT2D eigenvalue weighted by molar-refractivity contribution is 7.99. The van der Waals surface area contributed by atoms with Gasteiger partial charge in [-0.1, -0.05) is 12.1 Å². The van der Waals surface area contributed by atoms with Crippen LogP contribution in [0.2, 0.25) is 0 Å². The third-order valence-electron chi connectivity index (χ3n) is 2.45. The topological polar surface area (TPSA) is 38.0 Å². The monoisotopic (exact) mass is 208 g/mol. The van der Waals surface area contributed by atoms with Crippen molar-refractivity contribution in [2.24, 2.45) is 5.73 Å². The largest absolute Gasteiger partial charge is 0.318 e. The van der Waals surface area contributed by atoms with Crippen molar-refractivity contribution in [3.05, 3.63) is 29.3 Å². The SMILES string of the molecule is NCNCc1ccc2c(c1)CCCS2. The Morgan fingerprint density at radius 3 is 3.21 bits per heavy atom. The summed E-state index contributed by atoms with van der Waals surface area (Å²) < 4.78 is 0. The van der Waals surface area contributed by atoms with Gasteiger partial charge in [0.2, 0.25) is 0 Å². The quantitative estimate of drug-likeness (QED) is 0.743. The summed E-state index contributed by atoms with van der Waals surface area (Å²) in [7, 11) is 0. The molecule has 0 bridgehead atoms. The fourth-order valence-electron chi connectivity index (χ4n) is 1.74. The first-order chi connectivity index (χ1) is 6.90. The van der Waals surface area contributed by atoms with Gasteiger partial charge in [0.15, 0.2) is 0 Å². The van der Waals surface area contributed by atoms with Gasteiger partial charge < -0.3 is 11.1 Å². The van der Waals surface area contributed by atoms with Gasteiger partial charge in [-0.25, -0.2) is 0 Å². The maximum absolute atomic E-state index is 5.40. The van der Waals surface area contributed by atoms with Crippen LogP contribution in [0.3, 0.4) is 0 Å². The first kappa shape index (κ1) is 10.0. The highest BCUT2D eigenvalue weighted by Crippen LogP contribution is 2.30. The molecule has 2 nitrogen and oxygen atoms in total. The van der Waals surface area contributed by atoms with Gasteiger partial charge in [0.25, 0.3) is 0 Å². The number of fused-ring (bicyclic) bond motifs is 1. The van der Waals surface area contributed by atoms with Gasteiger partial charge in [0.1, 0.15) is 0 Å². The first-order valence-electron chi connectivity index (χ1n) is 5.05. The van der Waals surface area contributed by atoms with Crippen LogP contribution in [-0.2, 0) is 13.0 Å². The van der Waals surface area contributed by atoms with Gasteiger partial charge in [-0.15, -0.1) is 11.8 Å². The average molecular weight is 208 g/mol. The molecule has 0 saturated carbocycles. The van der Waals surface area contributed by atoms with E-state index in [2.05, 4.69) is 23.5 Å². The number of aryl methyl sites for hydroxylation is 1. The second-order valence-corrected chi connectivity index (χ2v) is 4.66. The second kappa shape index (κ2) is 4.82. The molecule has 1 aliphatic rings. The Labute approximate surface area is 89.3 Å². The number of hydrogen-bond donors (Lipinski definition) is 2. The lowest BCUT2D eigenvalue weighted by Gasteiger charge is -2.16. The van der Waals surface area contributed by atoms with E-state index in [0.29, 0.717) is 6.67 Å². The van der Waals surface area contributed by atoms with E-state index in [1.165, 1.54) is 34.6 Å². The van der Waals surface area contributed by atoms with Crippen LogP contribution in [-0.4, -0.2) is 12.4 Å². The highest BCUT2D eigenvalue weighted by Gasteiger charge is 2.09. The molecule has 0 amide bonds. The number of benzene rings is 1. The molecule has 1 heterocycles. The number of thioether (sulfide) groups is 1. The number of nitrogens with two attached hydrogens (primary N) is 1. The van der Waals surface area contributed by atoms with Crippen LogP contribution in [0.1, 0.15) is 17.5 Å². The molecule has 1 aromatic carbocycles. The Morgan fingerprint density at radius 1 is 1.43 bits per heavy atom. The number of rotatable bonds is 3. The predicted molar refractivity (Wildman–Crippen MR) is 61.4 cm³/mol. The Bertz CT molecular complexity index is 312. The molecule has 1 aliphatic heterocycles. The van der Waals surface area contributed by atoms with Crippen LogP contribution in [0.4, 0.5) is 0 Å². The summed E-state index contributed by atoms with van der Waals surface area (Å²) in [6.45, 7) is 1.43. The van der Waals surface area contributed by atoms with Crippen LogP contribution in [0.15, 0.2) is 23.1 Å². The zero-order valence-electron chi connectivity index (χ0n) is 8.25. The summed E-state index contributed by atoms with van der Waals surface area (Å²) in [5.41, 5.74) is 8.25. The standard InChI is InChI=1S/C11H16N2S/c12-8-13-7-9-3-4-11-10(6-9)2-1-5-14-11/h3-4,6,13H,1-2,5,7-8,12H2. The van der Waals surface area contributed by atoms with Crippen LogP contribution >= 0.6 is 11.8 Å². The lowest BCUT2D eigenvalue weighted by Crippen LogP contribution is -2.21. The van der Waals surface area contributed by atoms with Crippen molar-refractivity contribution in [3.63, 3.8) is 0 Å². The molecular weight excluding hydrogens is 192 g/mol. The average Bonchev–Trinajstić information content (AvgIpc) is 2.26. The molecule has 0 aromatic heterocycles. The molecule has 1 aromatic rings. The van der Waals surface area contributed by atoms with Crippen molar-refractivity contribution in [2.75, 3.05) is 12.4 Å². The lowest BCUT2D eigenvalue weighted by molar-refractivity contribution is 0.706. The molecule has 0 unspecified atom stereocenters. The summed E-state index contributed by atoms with van der Waals surface area (Å²) in [4.78, 5) is 1.47. The van der Waals surface area contributed by atoms with E-state index in [-0.39, 0.29) is 0 Å². The lowest BCUT2D eigenvalue weighted by atomic mass is 10.1. The van der Waals surface area contributed by atoms with E-state index in [9.17, 15) is 0 Å². The van der Waals surface area contributed by atoms with Crippen molar-refractivity contribution in [2.45, 2.75) is 24.3 Å². The molecule has 14 heavy (non-hydrogen) atoms. The number of hydrogen-bond acceptors (Lipinski definition) is 3. The minimum atomic E-state index is 0.547. The molecule has 0 fully saturated rings. The Balaban J connectivity index is 2.12. The molecule has 3 N–H and O–H groups in total. The fraction of sp³-hybridized carbons (Fsp3) is 0.455. The zero-order chi connectivity index (χ0) is 9.80. The minimum absolute atomic E-state index is 0.547. The summed E-state index contributed by atoms with van der Waals surface area (Å²) in [5.74, 6) is 1.27. The number of nitrogens with one attached hydrogen (secondary N) is 1. The van der Waals surface area contributed by atoms with Crippen LogP contribution in [0.5, 0.6) is 0 Å². The Morgan fingerprint density at radius 2 is 2.36 bits per heavy atom. The third kappa shape index (κ3) is 2.29. The maximum Gasteiger partial charge on any atom is 0.0431 e. The van der Waals surface area contributed by atoms with Gasteiger partial charge in [0, 0.05) is 18.1 Å². The van der Waals surface area contributed by atoms with Gasteiger partial charge in [-0.3, -0.25) is 0 Å². The predicted octanol–water partition coefficient (Wildman–Crippen LogP) is 1.73. The Kier molecular flexibility index (Phi) is 3.45. The normalized spacial score (nSPS) is 15.2. The van der Waals surface area contributed by atoms with E-state index < -0.39 is 0 Å². The molecule has 2 rings (SSSR count). The van der Waals surface area contributed by atoms with Crippen molar-refractivity contribution in [1.82, 2.24) is 5.32 Å². The first-order valence-corrected chi connectivity index (χ1v) is 6.04. The van der Waals surface area contributed by atoms with E-state index in [1.807, 2.05) is 11.8 Å². The van der Waals surface area contributed by atoms with E-state index >= 15 is 0 Å². The summed E-state index contributed by atoms with van der Waals surface area (Å²) >= 11 is 1.98. The maximum atomic E-state index is 5.40. The summed E-state index contributed by atoms with van der Waals surface area (Å²) in [6.07, 6.45) is 2.55. The van der Waals surface area contributed by atoms with E-state index in [0.717, 1.165) is 6.54 Å². The van der Waals surface area contributed by atoms with Gasteiger partial charge in [-0.05, 0) is 35.8 Å².